The van der Waals surface area contributed by atoms with Crippen molar-refractivity contribution in [1.82, 2.24) is 0 Å². The molecule has 0 aliphatic carbocycles. The molecule has 2 rings (SSSR count). The molecule has 2 aromatic rings. The van der Waals surface area contributed by atoms with E-state index >= 15 is 0 Å². The summed E-state index contributed by atoms with van der Waals surface area (Å²) in [6, 6.07) is 7.88. The molecule has 72 valence electrons. The van der Waals surface area contributed by atoms with E-state index in [9.17, 15) is 0 Å². The third kappa shape index (κ3) is 1.46. The van der Waals surface area contributed by atoms with Crippen LogP contribution in [0, 0.1) is 6.92 Å². The van der Waals surface area contributed by atoms with E-state index in [0.717, 1.165) is 5.56 Å². The molecule has 0 bridgehead atoms. The molecule has 3 heteroatoms. The average molecular weight is 204 g/mol. The molecule has 0 saturated carbocycles. The van der Waals surface area contributed by atoms with Gasteiger partial charge in [0, 0.05) is 4.88 Å². The van der Waals surface area contributed by atoms with E-state index in [4.69, 9.17) is 11.5 Å². The lowest BCUT2D eigenvalue weighted by Crippen LogP contribution is -1.93. The van der Waals surface area contributed by atoms with E-state index in [0.29, 0.717) is 11.4 Å². The van der Waals surface area contributed by atoms with Crippen LogP contribution in [0.2, 0.25) is 0 Å². The summed E-state index contributed by atoms with van der Waals surface area (Å²) in [7, 11) is 0. The van der Waals surface area contributed by atoms with Crippen molar-refractivity contribution < 1.29 is 0 Å². The lowest BCUT2D eigenvalue weighted by molar-refractivity contribution is 1.53. The van der Waals surface area contributed by atoms with Crippen LogP contribution in [0.5, 0.6) is 0 Å². The quantitative estimate of drug-likeness (QED) is 0.702. The first kappa shape index (κ1) is 9.09. The number of anilines is 2. The average Bonchev–Trinajstić information content (AvgIpc) is 2.57. The molecule has 0 unspecified atom stereocenters. The zero-order valence-corrected chi connectivity index (χ0v) is 8.77. The Hall–Kier alpha value is -1.48. The maximum absolute atomic E-state index is 5.76. The predicted molar refractivity (Wildman–Crippen MR) is 63.3 cm³/mol. The van der Waals surface area contributed by atoms with Gasteiger partial charge in [-0.15, -0.1) is 11.3 Å². The molecular formula is C11H12N2S. The maximum Gasteiger partial charge on any atom is 0.0554 e. The molecule has 0 atom stereocenters. The number of thiophene rings is 1. The predicted octanol–water partition coefficient (Wildman–Crippen LogP) is 2.89. The molecule has 4 N–H and O–H groups in total. The molecule has 0 radical (unpaired) electrons. The van der Waals surface area contributed by atoms with Gasteiger partial charge in [0.15, 0.2) is 0 Å². The van der Waals surface area contributed by atoms with Gasteiger partial charge in [0.05, 0.1) is 11.4 Å². The molecule has 0 amide bonds. The molecular weight excluding hydrogens is 192 g/mol. The molecule has 0 aliphatic rings. The van der Waals surface area contributed by atoms with Gasteiger partial charge >= 0.3 is 0 Å². The lowest BCUT2D eigenvalue weighted by atomic mass is 10.1. The maximum atomic E-state index is 5.76. The van der Waals surface area contributed by atoms with E-state index in [2.05, 4.69) is 18.4 Å². The van der Waals surface area contributed by atoms with Crippen molar-refractivity contribution in [3.63, 3.8) is 0 Å². The van der Waals surface area contributed by atoms with Gasteiger partial charge in [-0.2, -0.15) is 0 Å². The second-order valence-corrected chi connectivity index (χ2v) is 4.19. The Morgan fingerprint density at radius 3 is 2.43 bits per heavy atom. The van der Waals surface area contributed by atoms with Crippen molar-refractivity contribution in [2.24, 2.45) is 0 Å². The summed E-state index contributed by atoms with van der Waals surface area (Å²) in [4.78, 5) is 1.26. The van der Waals surface area contributed by atoms with E-state index in [1.165, 1.54) is 10.4 Å². The third-order valence-corrected chi connectivity index (χ3v) is 3.28. The first-order valence-corrected chi connectivity index (χ1v) is 5.26. The third-order valence-electron chi connectivity index (χ3n) is 2.21. The summed E-state index contributed by atoms with van der Waals surface area (Å²) in [6.07, 6.45) is 0. The van der Waals surface area contributed by atoms with Crippen LogP contribution in [0.15, 0.2) is 29.6 Å². The summed E-state index contributed by atoms with van der Waals surface area (Å²) >= 11 is 1.72. The Labute approximate surface area is 87.2 Å². The van der Waals surface area contributed by atoms with Crippen LogP contribution in [-0.4, -0.2) is 0 Å². The normalized spacial score (nSPS) is 10.4. The van der Waals surface area contributed by atoms with Crippen molar-refractivity contribution in [2.45, 2.75) is 6.92 Å². The lowest BCUT2D eigenvalue weighted by Gasteiger charge is -2.03. The number of aryl methyl sites for hydroxylation is 1. The van der Waals surface area contributed by atoms with Gasteiger partial charge in [-0.1, -0.05) is 6.07 Å². The summed E-state index contributed by atoms with van der Waals surface area (Å²) in [5.41, 5.74) is 15.1. The Balaban J connectivity index is 2.53. The molecule has 1 aromatic carbocycles. The summed E-state index contributed by atoms with van der Waals surface area (Å²) in [5, 5.41) is 2.08. The number of nitrogens with two attached hydrogens (primary N) is 2. The second-order valence-electron chi connectivity index (χ2n) is 3.28. The van der Waals surface area contributed by atoms with Gasteiger partial charge in [-0.3, -0.25) is 0 Å². The second kappa shape index (κ2) is 3.35. The van der Waals surface area contributed by atoms with Gasteiger partial charge in [-0.25, -0.2) is 0 Å². The minimum atomic E-state index is 0.642. The standard InChI is InChI=1S/C11H12N2S/c1-7-4-5-14-11(7)8-2-3-9(12)10(13)6-8/h2-6H,12-13H2,1H3. The summed E-state index contributed by atoms with van der Waals surface area (Å²) in [5.74, 6) is 0. The highest BCUT2D eigenvalue weighted by Crippen LogP contribution is 2.31. The highest BCUT2D eigenvalue weighted by atomic mass is 32.1. The SMILES string of the molecule is Cc1ccsc1-c1ccc(N)c(N)c1. The fraction of sp³-hybridized carbons (Fsp3) is 0.0909. The number of rotatable bonds is 1. The van der Waals surface area contributed by atoms with Crippen molar-refractivity contribution in [3.8, 4) is 10.4 Å². The molecule has 1 heterocycles. The summed E-state index contributed by atoms with van der Waals surface area (Å²) < 4.78 is 0. The van der Waals surface area contributed by atoms with Gasteiger partial charge in [0.2, 0.25) is 0 Å². The van der Waals surface area contributed by atoms with Crippen LogP contribution in [0.3, 0.4) is 0 Å². The van der Waals surface area contributed by atoms with Crippen LogP contribution in [0.1, 0.15) is 5.56 Å². The Morgan fingerprint density at radius 2 is 1.86 bits per heavy atom. The topological polar surface area (TPSA) is 52.0 Å². The fourth-order valence-corrected chi connectivity index (χ4v) is 2.31. The van der Waals surface area contributed by atoms with Crippen LogP contribution >= 0.6 is 11.3 Å². The Bertz CT molecular complexity index is 460. The van der Waals surface area contributed by atoms with Crippen LogP contribution in [0.25, 0.3) is 10.4 Å². The van der Waals surface area contributed by atoms with Gasteiger partial charge in [-0.05, 0) is 41.6 Å². The van der Waals surface area contributed by atoms with Crippen LogP contribution in [-0.2, 0) is 0 Å². The van der Waals surface area contributed by atoms with Gasteiger partial charge < -0.3 is 11.5 Å². The van der Waals surface area contributed by atoms with E-state index < -0.39 is 0 Å². The van der Waals surface area contributed by atoms with Gasteiger partial charge in [0.25, 0.3) is 0 Å². The highest BCUT2D eigenvalue weighted by Gasteiger charge is 2.04. The minimum absolute atomic E-state index is 0.642. The number of hydrogen-bond donors (Lipinski definition) is 2. The zero-order chi connectivity index (χ0) is 10.1. The van der Waals surface area contributed by atoms with Crippen molar-refractivity contribution in [3.05, 3.63) is 35.2 Å². The largest absolute Gasteiger partial charge is 0.397 e. The molecule has 0 saturated heterocycles. The van der Waals surface area contributed by atoms with E-state index in [-0.39, 0.29) is 0 Å². The Kier molecular flexibility index (Phi) is 2.17. The van der Waals surface area contributed by atoms with Crippen LogP contribution in [0.4, 0.5) is 11.4 Å². The summed E-state index contributed by atoms with van der Waals surface area (Å²) in [6.45, 7) is 2.10. The highest BCUT2D eigenvalue weighted by molar-refractivity contribution is 7.13. The van der Waals surface area contributed by atoms with E-state index in [1.807, 2.05) is 18.2 Å². The van der Waals surface area contributed by atoms with Crippen molar-refractivity contribution in [2.75, 3.05) is 11.5 Å². The molecule has 0 aliphatic heterocycles. The van der Waals surface area contributed by atoms with Gasteiger partial charge in [0.1, 0.15) is 0 Å². The molecule has 1 aromatic heterocycles. The minimum Gasteiger partial charge on any atom is -0.397 e. The molecule has 2 nitrogen and oxygen atoms in total. The smallest absolute Gasteiger partial charge is 0.0554 e. The zero-order valence-electron chi connectivity index (χ0n) is 7.95. The molecule has 0 fully saturated rings. The first-order chi connectivity index (χ1) is 6.68. The van der Waals surface area contributed by atoms with Crippen molar-refractivity contribution >= 4 is 22.7 Å². The number of nitrogen functional groups attached to an aromatic ring is 2. The molecule has 14 heavy (non-hydrogen) atoms. The molecule has 0 spiro atoms. The first-order valence-electron chi connectivity index (χ1n) is 4.38. The monoisotopic (exact) mass is 204 g/mol. The fourth-order valence-electron chi connectivity index (χ4n) is 1.38. The number of hydrogen-bond acceptors (Lipinski definition) is 3. The number of benzene rings is 1. The van der Waals surface area contributed by atoms with Crippen LogP contribution < -0.4 is 11.5 Å². The van der Waals surface area contributed by atoms with E-state index in [1.54, 1.807) is 11.3 Å². The van der Waals surface area contributed by atoms with Crippen molar-refractivity contribution in [1.29, 1.82) is 0 Å². The Morgan fingerprint density at radius 1 is 1.07 bits per heavy atom.